The molecule has 8 N–H and O–H groups in total. The molecule has 1 aromatic heterocycles. The quantitative estimate of drug-likeness (QED) is 0.135. The lowest BCUT2D eigenvalue weighted by Gasteiger charge is -2.31. The van der Waals surface area contributed by atoms with Crippen LogP contribution in [0.1, 0.15) is 92.5 Å². The second kappa shape index (κ2) is 14.7. The summed E-state index contributed by atoms with van der Waals surface area (Å²) in [7, 11) is 0. The predicted molar refractivity (Wildman–Crippen MR) is 183 cm³/mol. The van der Waals surface area contributed by atoms with Crippen LogP contribution in [0.25, 0.3) is 22.0 Å². The van der Waals surface area contributed by atoms with E-state index in [0.717, 1.165) is 59.8 Å². The number of nitrogens with two attached hydrogens (primary N) is 3. The number of hydrogen-bond donors (Lipinski definition) is 5. The highest BCUT2D eigenvalue weighted by Gasteiger charge is 2.35. The van der Waals surface area contributed by atoms with E-state index < -0.39 is 11.9 Å². The van der Waals surface area contributed by atoms with Gasteiger partial charge in [-0.1, -0.05) is 44.5 Å². The van der Waals surface area contributed by atoms with E-state index in [1.807, 2.05) is 41.0 Å². The first-order chi connectivity index (χ1) is 22.5. The van der Waals surface area contributed by atoms with Crippen molar-refractivity contribution in [3.8, 4) is 11.1 Å². The number of anilines is 1. The van der Waals surface area contributed by atoms with Gasteiger partial charge in [0.1, 0.15) is 6.10 Å². The van der Waals surface area contributed by atoms with E-state index in [9.17, 15) is 19.2 Å². The minimum atomic E-state index is -0.610. The Kier molecular flexibility index (Phi) is 10.7. The third-order valence-corrected chi connectivity index (χ3v) is 9.34. The summed E-state index contributed by atoms with van der Waals surface area (Å²) in [6.45, 7) is 4.98. The van der Waals surface area contributed by atoms with Crippen molar-refractivity contribution in [1.29, 1.82) is 0 Å². The topological polar surface area (TPSA) is 185 Å². The van der Waals surface area contributed by atoms with Crippen molar-refractivity contribution in [1.82, 2.24) is 9.88 Å². The molecule has 0 spiro atoms. The second-order valence-electron chi connectivity index (χ2n) is 13.8. The van der Waals surface area contributed by atoms with Gasteiger partial charge in [0.25, 0.3) is 5.91 Å². The van der Waals surface area contributed by atoms with E-state index >= 15 is 0 Å². The first-order valence-electron chi connectivity index (χ1n) is 16.8. The number of aromatic nitrogens is 1. The Morgan fingerprint density at radius 3 is 2.51 bits per heavy atom. The van der Waals surface area contributed by atoms with Gasteiger partial charge in [0, 0.05) is 41.3 Å². The number of rotatable bonds is 13. The lowest BCUT2D eigenvalue weighted by molar-refractivity contribution is -0.150. The summed E-state index contributed by atoms with van der Waals surface area (Å²) in [6.07, 6.45) is 6.07. The summed E-state index contributed by atoms with van der Waals surface area (Å²) in [5.74, 6) is -1.06. The normalized spacial score (nSPS) is 19.5. The van der Waals surface area contributed by atoms with Crippen molar-refractivity contribution in [3.05, 3.63) is 53.7 Å². The minimum Gasteiger partial charge on any atom is -0.462 e. The fraction of sp³-hybridized carbons (Fsp3) is 0.500. The standard InChI is InChI=1S/C36H48N6O5/c1-36(2)20-30-33(26-7-3-4-9-29(26)42(30)31(43)21-36)22-10-15-25(34(39)45)28(19-22)41-23-11-13-24(14-12-23)47-32(44)16-18-40-35(46)27(38)8-5-6-17-37/h3-4,7,9-10,15,19,23-24,27,41H,5-6,8,11-14,16-18,20-21,37-38H2,1-2H3,(H2,39,45)(H,40,46). The average Bonchev–Trinajstić information content (AvgIpc) is 3.35. The van der Waals surface area contributed by atoms with Crippen molar-refractivity contribution >= 4 is 40.3 Å². The van der Waals surface area contributed by atoms with Crippen LogP contribution in [0, 0.1) is 5.41 Å². The van der Waals surface area contributed by atoms with Gasteiger partial charge in [-0.15, -0.1) is 0 Å². The Morgan fingerprint density at radius 2 is 1.79 bits per heavy atom. The highest BCUT2D eigenvalue weighted by molar-refractivity contribution is 6.06. The molecule has 2 aliphatic rings. The maximum absolute atomic E-state index is 13.3. The number of benzene rings is 2. The number of esters is 1. The molecule has 0 saturated heterocycles. The van der Waals surface area contributed by atoms with Crippen molar-refractivity contribution in [2.24, 2.45) is 22.6 Å². The monoisotopic (exact) mass is 644 g/mol. The molecule has 1 aliphatic carbocycles. The molecule has 5 rings (SSSR count). The lowest BCUT2D eigenvalue weighted by atomic mass is 9.80. The molecular weight excluding hydrogens is 596 g/mol. The Labute approximate surface area is 275 Å². The number of fused-ring (bicyclic) bond motifs is 3. The maximum Gasteiger partial charge on any atom is 0.307 e. The third kappa shape index (κ3) is 8.02. The summed E-state index contributed by atoms with van der Waals surface area (Å²) in [4.78, 5) is 50.4. The van der Waals surface area contributed by atoms with Crippen LogP contribution >= 0.6 is 0 Å². The van der Waals surface area contributed by atoms with Crippen molar-refractivity contribution < 1.29 is 23.9 Å². The van der Waals surface area contributed by atoms with E-state index in [-0.39, 0.29) is 48.3 Å². The number of unbranched alkanes of at least 4 members (excludes halogenated alkanes) is 1. The Morgan fingerprint density at radius 1 is 1.04 bits per heavy atom. The minimum absolute atomic E-state index is 0.0542. The SMILES string of the molecule is CC1(C)CC(=O)n2c(c(-c3ccc(C(N)=O)c(NC4CCC(OC(=O)CCNC(=O)C(N)CCCCN)CC4)c3)c3ccccc32)C1. The van der Waals surface area contributed by atoms with Crippen LogP contribution < -0.4 is 27.8 Å². The molecule has 2 aromatic carbocycles. The molecule has 0 radical (unpaired) electrons. The summed E-state index contributed by atoms with van der Waals surface area (Å²) >= 11 is 0. The van der Waals surface area contributed by atoms with E-state index in [1.165, 1.54) is 0 Å². The van der Waals surface area contributed by atoms with Gasteiger partial charge < -0.3 is 32.6 Å². The number of carbonyl (C=O) groups excluding carboxylic acids is 4. The van der Waals surface area contributed by atoms with Gasteiger partial charge in [-0.3, -0.25) is 23.7 Å². The number of amides is 2. The molecule has 1 atom stereocenters. The molecule has 47 heavy (non-hydrogen) atoms. The molecule has 252 valence electrons. The van der Waals surface area contributed by atoms with Crippen LogP contribution in [0.15, 0.2) is 42.5 Å². The molecule has 1 saturated carbocycles. The molecular formula is C36H48N6O5. The number of primary amides is 1. The Balaban J connectivity index is 1.22. The van der Waals surface area contributed by atoms with Crippen molar-refractivity contribution in [3.63, 3.8) is 0 Å². The molecule has 1 unspecified atom stereocenters. The fourth-order valence-electron chi connectivity index (χ4n) is 6.95. The third-order valence-electron chi connectivity index (χ3n) is 9.34. The number of nitrogens with one attached hydrogen (secondary N) is 2. The van der Waals surface area contributed by atoms with Crippen LogP contribution in [0.5, 0.6) is 0 Å². The second-order valence-corrected chi connectivity index (χ2v) is 13.8. The first-order valence-corrected chi connectivity index (χ1v) is 16.8. The zero-order chi connectivity index (χ0) is 33.7. The van der Waals surface area contributed by atoms with Crippen molar-refractivity contribution in [2.45, 2.75) is 96.2 Å². The van der Waals surface area contributed by atoms with Gasteiger partial charge >= 0.3 is 5.97 Å². The highest BCUT2D eigenvalue weighted by Crippen LogP contribution is 2.43. The van der Waals surface area contributed by atoms with Crippen molar-refractivity contribution in [2.75, 3.05) is 18.4 Å². The molecule has 1 aliphatic heterocycles. The number of nitrogens with zero attached hydrogens (tertiary/aromatic N) is 1. The molecule has 2 amide bonds. The smallest absolute Gasteiger partial charge is 0.307 e. The predicted octanol–water partition coefficient (Wildman–Crippen LogP) is 4.25. The Hall–Kier alpha value is -4.22. The maximum atomic E-state index is 13.3. The van der Waals surface area contributed by atoms with Gasteiger partial charge in [-0.25, -0.2) is 0 Å². The number of carbonyl (C=O) groups is 4. The van der Waals surface area contributed by atoms with E-state index in [2.05, 4.69) is 24.5 Å². The number of ether oxygens (including phenoxy) is 1. The van der Waals surface area contributed by atoms with Gasteiger partial charge in [0.15, 0.2) is 0 Å². The zero-order valence-electron chi connectivity index (χ0n) is 27.5. The Bertz CT molecular complexity index is 1640. The van der Waals surface area contributed by atoms with Crippen LogP contribution in [0.2, 0.25) is 0 Å². The van der Waals surface area contributed by atoms with Gasteiger partial charge in [-0.05, 0) is 80.7 Å². The summed E-state index contributed by atoms with van der Waals surface area (Å²) in [5, 5.41) is 7.26. The van der Waals surface area contributed by atoms with Crippen LogP contribution in [-0.4, -0.2) is 59.5 Å². The highest BCUT2D eigenvalue weighted by atomic mass is 16.5. The molecule has 2 heterocycles. The number of para-hydroxylation sites is 1. The molecule has 3 aromatic rings. The summed E-state index contributed by atoms with van der Waals surface area (Å²) in [5.41, 5.74) is 21.9. The number of hydrogen-bond acceptors (Lipinski definition) is 8. The molecule has 1 fully saturated rings. The van der Waals surface area contributed by atoms with Gasteiger partial charge in [0.05, 0.1) is 23.5 Å². The summed E-state index contributed by atoms with van der Waals surface area (Å²) in [6, 6.07) is 13.0. The van der Waals surface area contributed by atoms with E-state index in [0.29, 0.717) is 43.5 Å². The van der Waals surface area contributed by atoms with E-state index in [4.69, 9.17) is 21.9 Å². The average molecular weight is 645 g/mol. The molecule has 11 heteroatoms. The fourth-order valence-corrected chi connectivity index (χ4v) is 6.95. The van der Waals surface area contributed by atoms with E-state index in [1.54, 1.807) is 6.07 Å². The first kappa shape index (κ1) is 34.1. The molecule has 0 bridgehead atoms. The largest absolute Gasteiger partial charge is 0.462 e. The van der Waals surface area contributed by atoms with Crippen LogP contribution in [-0.2, 0) is 20.7 Å². The van der Waals surface area contributed by atoms with Gasteiger partial charge in [-0.2, -0.15) is 0 Å². The van der Waals surface area contributed by atoms with Gasteiger partial charge in [0.2, 0.25) is 11.8 Å². The lowest BCUT2D eigenvalue weighted by Crippen LogP contribution is -2.41. The summed E-state index contributed by atoms with van der Waals surface area (Å²) < 4.78 is 7.56. The van der Waals surface area contributed by atoms with Crippen LogP contribution in [0.4, 0.5) is 5.69 Å². The zero-order valence-corrected chi connectivity index (χ0v) is 27.5. The van der Waals surface area contributed by atoms with Crippen LogP contribution in [0.3, 0.4) is 0 Å². The molecule has 11 nitrogen and oxygen atoms in total.